The number of ether oxygens (including phenoxy) is 2. The molecule has 5 rings (SSSR count). The van der Waals surface area contributed by atoms with Crippen LogP contribution in [0.25, 0.3) is 0 Å². The summed E-state index contributed by atoms with van der Waals surface area (Å²) in [5, 5.41) is 2.82. The molecule has 0 bridgehead atoms. The molecule has 0 fully saturated rings. The number of halogens is 1. The minimum atomic E-state index is -0.490. The molecule has 3 amide bonds. The second kappa shape index (κ2) is 9.68. The third-order valence-corrected chi connectivity index (χ3v) is 5.46. The van der Waals surface area contributed by atoms with E-state index in [1.165, 1.54) is 23.3 Å². The minimum absolute atomic E-state index is 0.0494. The van der Waals surface area contributed by atoms with Crippen molar-refractivity contribution in [2.24, 2.45) is 4.99 Å². The van der Waals surface area contributed by atoms with Gasteiger partial charge in [0.2, 0.25) is 0 Å². The van der Waals surface area contributed by atoms with Gasteiger partial charge in [0, 0.05) is 25.3 Å². The monoisotopic (exact) mass is 472 g/mol. The summed E-state index contributed by atoms with van der Waals surface area (Å²) in [4.78, 5) is 32.6. The lowest BCUT2D eigenvalue weighted by Crippen LogP contribution is -2.36. The summed E-state index contributed by atoms with van der Waals surface area (Å²) in [6.07, 6.45) is 1.28. The summed E-state index contributed by atoms with van der Waals surface area (Å²) in [7, 11) is 0. The van der Waals surface area contributed by atoms with E-state index in [1.54, 1.807) is 41.3 Å². The van der Waals surface area contributed by atoms with Crippen molar-refractivity contribution in [2.75, 3.05) is 18.4 Å². The van der Waals surface area contributed by atoms with Crippen LogP contribution < -0.4 is 10.1 Å². The molecule has 0 saturated heterocycles. The van der Waals surface area contributed by atoms with E-state index in [4.69, 9.17) is 9.47 Å². The number of hydrogen-bond acceptors (Lipinski definition) is 5. The highest BCUT2D eigenvalue weighted by Gasteiger charge is 2.33. The molecule has 176 valence electrons. The zero-order valence-electron chi connectivity index (χ0n) is 18.6. The number of benzene rings is 3. The number of hydrogen-bond donors (Lipinski definition) is 1. The second-order valence-corrected chi connectivity index (χ2v) is 7.89. The summed E-state index contributed by atoms with van der Waals surface area (Å²) < 4.78 is 24.4. The van der Waals surface area contributed by atoms with Crippen molar-refractivity contribution in [3.8, 4) is 11.5 Å². The Morgan fingerprint density at radius 2 is 1.69 bits per heavy atom. The number of aliphatic imine (C=N–C) groups is 1. The SMILES string of the molecule is O=C(Nc1ccc(Oc2ccccc2)cc1)C1=COC2=NC(=O)N(Cc3ccc(F)cc3)CCN12. The highest BCUT2D eigenvalue weighted by Crippen LogP contribution is 2.24. The van der Waals surface area contributed by atoms with E-state index < -0.39 is 11.9 Å². The summed E-state index contributed by atoms with van der Waals surface area (Å²) in [5.41, 5.74) is 1.59. The van der Waals surface area contributed by atoms with Gasteiger partial charge in [-0.05, 0) is 54.1 Å². The van der Waals surface area contributed by atoms with Gasteiger partial charge >= 0.3 is 12.1 Å². The molecular formula is C26H21FN4O4. The largest absolute Gasteiger partial charge is 0.457 e. The molecule has 0 radical (unpaired) electrons. The van der Waals surface area contributed by atoms with Gasteiger partial charge in [-0.15, -0.1) is 4.99 Å². The number of nitrogens with one attached hydrogen (secondary N) is 1. The van der Waals surface area contributed by atoms with Crippen molar-refractivity contribution in [1.82, 2.24) is 9.80 Å². The van der Waals surface area contributed by atoms with Crippen LogP contribution in [0.4, 0.5) is 14.9 Å². The molecule has 3 aromatic rings. The van der Waals surface area contributed by atoms with E-state index in [1.807, 2.05) is 30.3 Å². The maximum absolute atomic E-state index is 13.2. The highest BCUT2D eigenvalue weighted by atomic mass is 19.1. The number of anilines is 1. The number of carbonyl (C=O) groups is 2. The van der Waals surface area contributed by atoms with Crippen molar-refractivity contribution >= 4 is 23.6 Å². The molecule has 9 heteroatoms. The van der Waals surface area contributed by atoms with Crippen molar-refractivity contribution in [3.63, 3.8) is 0 Å². The van der Waals surface area contributed by atoms with Crippen LogP contribution in [-0.4, -0.2) is 40.8 Å². The van der Waals surface area contributed by atoms with E-state index in [9.17, 15) is 14.0 Å². The predicted octanol–water partition coefficient (Wildman–Crippen LogP) is 4.72. The van der Waals surface area contributed by atoms with Gasteiger partial charge in [0.25, 0.3) is 5.91 Å². The van der Waals surface area contributed by atoms with E-state index >= 15 is 0 Å². The van der Waals surface area contributed by atoms with Crippen LogP contribution in [0.5, 0.6) is 11.5 Å². The van der Waals surface area contributed by atoms with Crippen LogP contribution >= 0.6 is 0 Å². The van der Waals surface area contributed by atoms with Gasteiger partial charge in [-0.2, -0.15) is 0 Å². The van der Waals surface area contributed by atoms with Crippen molar-refractivity contribution in [3.05, 3.63) is 102 Å². The predicted molar refractivity (Wildman–Crippen MR) is 127 cm³/mol. The number of carbonyl (C=O) groups excluding carboxylic acids is 2. The van der Waals surface area contributed by atoms with Crippen LogP contribution in [0, 0.1) is 5.82 Å². The maximum Gasteiger partial charge on any atom is 0.348 e. The Labute approximate surface area is 200 Å². The lowest BCUT2D eigenvalue weighted by Gasteiger charge is -2.21. The third-order valence-electron chi connectivity index (χ3n) is 5.46. The number of nitrogens with zero attached hydrogens (tertiary/aromatic N) is 3. The Bertz CT molecular complexity index is 1290. The lowest BCUT2D eigenvalue weighted by atomic mass is 10.2. The molecule has 35 heavy (non-hydrogen) atoms. The molecule has 0 unspecified atom stereocenters. The Morgan fingerprint density at radius 1 is 0.971 bits per heavy atom. The number of amidine groups is 1. The lowest BCUT2D eigenvalue weighted by molar-refractivity contribution is -0.113. The Balaban J connectivity index is 1.21. The van der Waals surface area contributed by atoms with Gasteiger partial charge in [-0.3, -0.25) is 9.69 Å². The van der Waals surface area contributed by atoms with E-state index in [2.05, 4.69) is 10.3 Å². The van der Waals surface area contributed by atoms with E-state index in [0.717, 1.165) is 5.56 Å². The Morgan fingerprint density at radius 3 is 2.43 bits per heavy atom. The molecular weight excluding hydrogens is 451 g/mol. The summed E-state index contributed by atoms with van der Waals surface area (Å²) in [6, 6.07) is 21.9. The topological polar surface area (TPSA) is 83.5 Å². The van der Waals surface area contributed by atoms with Gasteiger partial charge in [0.1, 0.15) is 29.3 Å². The molecule has 0 atom stereocenters. The molecule has 2 aliphatic heterocycles. The maximum atomic E-state index is 13.2. The van der Waals surface area contributed by atoms with Crippen LogP contribution in [0.3, 0.4) is 0 Å². The van der Waals surface area contributed by atoms with Crippen molar-refractivity contribution in [2.45, 2.75) is 6.54 Å². The fraction of sp³-hybridized carbons (Fsp3) is 0.115. The molecule has 0 aliphatic carbocycles. The molecule has 8 nitrogen and oxygen atoms in total. The number of amides is 3. The number of fused-ring (bicyclic) bond motifs is 1. The third kappa shape index (κ3) is 5.14. The molecule has 0 spiro atoms. The number of urea groups is 1. The summed E-state index contributed by atoms with van der Waals surface area (Å²) >= 11 is 0. The van der Waals surface area contributed by atoms with Crippen LogP contribution in [0.2, 0.25) is 0 Å². The molecule has 3 aromatic carbocycles. The van der Waals surface area contributed by atoms with E-state index in [0.29, 0.717) is 30.3 Å². The number of para-hydroxylation sites is 1. The summed E-state index contributed by atoms with van der Waals surface area (Å²) in [6.45, 7) is 0.893. The normalized spacial score (nSPS) is 14.9. The fourth-order valence-corrected chi connectivity index (χ4v) is 3.67. The summed E-state index contributed by atoms with van der Waals surface area (Å²) in [5.74, 6) is 0.614. The van der Waals surface area contributed by atoms with Crippen LogP contribution in [0.1, 0.15) is 5.56 Å². The van der Waals surface area contributed by atoms with Crippen LogP contribution in [-0.2, 0) is 16.1 Å². The quantitative estimate of drug-likeness (QED) is 0.561. The first-order valence-electron chi connectivity index (χ1n) is 11.0. The molecule has 2 heterocycles. The van der Waals surface area contributed by atoms with Crippen LogP contribution in [0.15, 0.2) is 95.8 Å². The first-order chi connectivity index (χ1) is 17.0. The van der Waals surface area contributed by atoms with Gasteiger partial charge in [-0.25, -0.2) is 9.18 Å². The molecule has 0 aromatic heterocycles. The molecule has 2 aliphatic rings. The fourth-order valence-electron chi connectivity index (χ4n) is 3.67. The van der Waals surface area contributed by atoms with E-state index in [-0.39, 0.29) is 24.1 Å². The van der Waals surface area contributed by atoms with Gasteiger partial charge in [-0.1, -0.05) is 30.3 Å². The van der Waals surface area contributed by atoms with Gasteiger partial charge < -0.3 is 19.7 Å². The second-order valence-electron chi connectivity index (χ2n) is 7.89. The first-order valence-corrected chi connectivity index (χ1v) is 11.0. The van der Waals surface area contributed by atoms with Gasteiger partial charge in [0.05, 0.1) is 0 Å². The minimum Gasteiger partial charge on any atom is -0.457 e. The zero-order chi connectivity index (χ0) is 24.2. The number of rotatable bonds is 6. The smallest absolute Gasteiger partial charge is 0.348 e. The Hall–Kier alpha value is -4.66. The average molecular weight is 472 g/mol. The zero-order valence-corrected chi connectivity index (χ0v) is 18.6. The standard InChI is InChI=1S/C26H21FN4O4/c27-19-8-6-18(7-9-19)16-30-14-15-31-23(17-34-26(31)29-25(30)33)24(32)28-20-10-12-22(13-11-20)35-21-4-2-1-3-5-21/h1-13,17H,14-16H2,(H,28,32). The molecule has 0 saturated carbocycles. The first kappa shape index (κ1) is 22.1. The molecule has 1 N–H and O–H groups in total. The highest BCUT2D eigenvalue weighted by molar-refractivity contribution is 6.08. The average Bonchev–Trinajstić information content (AvgIpc) is 3.20. The van der Waals surface area contributed by atoms with Crippen molar-refractivity contribution in [1.29, 1.82) is 0 Å². The Kier molecular flexibility index (Phi) is 6.13. The van der Waals surface area contributed by atoms with Gasteiger partial charge in [0.15, 0.2) is 0 Å². The van der Waals surface area contributed by atoms with Crippen molar-refractivity contribution < 1.29 is 23.5 Å².